The maximum Gasteiger partial charge on any atom is 0.0950 e. The molecule has 2 rings (SSSR count). The van der Waals surface area contributed by atoms with Gasteiger partial charge in [-0.25, -0.2) is 0 Å². The van der Waals surface area contributed by atoms with Gasteiger partial charge in [-0.15, -0.1) is 0 Å². The molecule has 1 aromatic carbocycles. The van der Waals surface area contributed by atoms with Crippen LogP contribution in [0.5, 0.6) is 0 Å². The van der Waals surface area contributed by atoms with Crippen molar-refractivity contribution in [2.24, 2.45) is 5.92 Å². The minimum atomic E-state index is 0.0829. The molecule has 3 atom stereocenters. The van der Waals surface area contributed by atoms with Crippen LogP contribution in [0.15, 0.2) is 49.1 Å². The van der Waals surface area contributed by atoms with E-state index in [2.05, 4.69) is 76.9 Å². The summed E-state index contributed by atoms with van der Waals surface area (Å²) in [6, 6.07) is 9.15. The Morgan fingerprint density at radius 1 is 1.28 bits per heavy atom. The molecule has 0 bridgehead atoms. The molecule has 0 aromatic heterocycles. The molecule has 138 valence electrons. The Hall–Kier alpha value is -1.38. The highest BCUT2D eigenvalue weighted by molar-refractivity contribution is 5.27. The fourth-order valence-corrected chi connectivity index (χ4v) is 3.57. The van der Waals surface area contributed by atoms with Gasteiger partial charge in [0.05, 0.1) is 12.2 Å². The second kappa shape index (κ2) is 8.33. The third-order valence-electron chi connectivity index (χ3n) is 4.99. The first-order valence-corrected chi connectivity index (χ1v) is 9.47. The van der Waals surface area contributed by atoms with Crippen molar-refractivity contribution in [1.29, 1.82) is 0 Å². The molecule has 25 heavy (non-hydrogen) atoms. The van der Waals surface area contributed by atoms with E-state index in [1.54, 1.807) is 0 Å². The predicted molar refractivity (Wildman–Crippen MR) is 108 cm³/mol. The molecule has 2 nitrogen and oxygen atoms in total. The topological polar surface area (TPSA) is 12.5 Å². The summed E-state index contributed by atoms with van der Waals surface area (Å²) in [7, 11) is 0. The minimum Gasteiger partial charge on any atom is -0.368 e. The molecule has 1 aromatic rings. The Morgan fingerprint density at radius 3 is 2.48 bits per heavy atom. The van der Waals surface area contributed by atoms with Crippen LogP contribution in [0.2, 0.25) is 0 Å². The second-order valence-electron chi connectivity index (χ2n) is 8.69. The van der Waals surface area contributed by atoms with Crippen LogP contribution < -0.4 is 0 Å². The molecule has 1 aliphatic heterocycles. The zero-order valence-electron chi connectivity index (χ0n) is 16.7. The van der Waals surface area contributed by atoms with E-state index in [1.165, 1.54) is 11.1 Å². The van der Waals surface area contributed by atoms with Crippen molar-refractivity contribution < 1.29 is 4.74 Å². The Kier molecular flexibility index (Phi) is 6.65. The lowest BCUT2D eigenvalue weighted by molar-refractivity contribution is -0.0614. The maximum atomic E-state index is 6.00. The van der Waals surface area contributed by atoms with Crippen molar-refractivity contribution in [3.8, 4) is 0 Å². The van der Waals surface area contributed by atoms with Crippen LogP contribution in [0.1, 0.15) is 45.7 Å². The SMILES string of the molecule is C=CC(=C)C1CN(CC(C)Cc2ccc(C(C)(C)C)cc2)CC(C)O1. The third-order valence-corrected chi connectivity index (χ3v) is 4.99. The van der Waals surface area contributed by atoms with E-state index in [0.29, 0.717) is 5.92 Å². The molecule has 3 unspecified atom stereocenters. The smallest absolute Gasteiger partial charge is 0.0950 e. The molecule has 1 heterocycles. The summed E-state index contributed by atoms with van der Waals surface area (Å²) < 4.78 is 6.00. The van der Waals surface area contributed by atoms with Crippen molar-refractivity contribution in [2.75, 3.05) is 19.6 Å². The van der Waals surface area contributed by atoms with E-state index in [0.717, 1.165) is 31.6 Å². The summed E-state index contributed by atoms with van der Waals surface area (Å²) in [4.78, 5) is 2.52. The van der Waals surface area contributed by atoms with Crippen LogP contribution in [-0.4, -0.2) is 36.7 Å². The second-order valence-corrected chi connectivity index (χ2v) is 8.69. The maximum absolute atomic E-state index is 6.00. The molecule has 1 aliphatic rings. The summed E-state index contributed by atoms with van der Waals surface area (Å²) in [5.41, 5.74) is 4.03. The van der Waals surface area contributed by atoms with Crippen molar-refractivity contribution in [2.45, 2.75) is 58.7 Å². The average Bonchev–Trinajstić information content (AvgIpc) is 2.53. The highest BCUT2D eigenvalue weighted by Gasteiger charge is 2.27. The largest absolute Gasteiger partial charge is 0.368 e. The van der Waals surface area contributed by atoms with Gasteiger partial charge in [-0.3, -0.25) is 4.90 Å². The number of rotatable bonds is 6. The first kappa shape index (κ1) is 19.9. The molecule has 1 fully saturated rings. The Morgan fingerprint density at radius 2 is 1.92 bits per heavy atom. The Bertz CT molecular complexity index is 581. The normalized spacial score (nSPS) is 23.2. The molecule has 0 N–H and O–H groups in total. The van der Waals surface area contributed by atoms with E-state index in [1.807, 2.05) is 6.08 Å². The van der Waals surface area contributed by atoms with E-state index < -0.39 is 0 Å². The summed E-state index contributed by atoms with van der Waals surface area (Å²) >= 11 is 0. The number of ether oxygens (including phenoxy) is 1. The molecular formula is C23H35NO. The molecule has 0 amide bonds. The van der Waals surface area contributed by atoms with Gasteiger partial charge < -0.3 is 4.74 Å². The molecule has 2 heteroatoms. The average molecular weight is 342 g/mol. The zero-order valence-corrected chi connectivity index (χ0v) is 16.7. The summed E-state index contributed by atoms with van der Waals surface area (Å²) in [6.07, 6.45) is 3.26. The van der Waals surface area contributed by atoms with E-state index in [9.17, 15) is 0 Å². The first-order chi connectivity index (χ1) is 11.7. The lowest BCUT2D eigenvalue weighted by Crippen LogP contribution is -2.48. The predicted octanol–water partition coefficient (Wildman–Crippen LogP) is 4.99. The number of nitrogens with zero attached hydrogens (tertiary/aromatic N) is 1. The summed E-state index contributed by atoms with van der Waals surface area (Å²) in [5.74, 6) is 0.614. The third kappa shape index (κ3) is 5.83. The van der Waals surface area contributed by atoms with Gasteiger partial charge in [-0.2, -0.15) is 0 Å². The zero-order chi connectivity index (χ0) is 18.6. The fourth-order valence-electron chi connectivity index (χ4n) is 3.57. The monoisotopic (exact) mass is 341 g/mol. The number of morpholine rings is 1. The lowest BCUT2D eigenvalue weighted by Gasteiger charge is -2.38. The number of hydrogen-bond acceptors (Lipinski definition) is 2. The van der Waals surface area contributed by atoms with Crippen molar-refractivity contribution in [1.82, 2.24) is 4.90 Å². The highest BCUT2D eigenvalue weighted by Crippen LogP contribution is 2.23. The van der Waals surface area contributed by atoms with Crippen molar-refractivity contribution >= 4 is 0 Å². The van der Waals surface area contributed by atoms with Crippen LogP contribution in [0.3, 0.4) is 0 Å². The standard InChI is InChI=1S/C23H35NO/c1-8-18(3)22-16-24(15-19(4)25-22)14-17(2)13-20-9-11-21(12-10-20)23(5,6)7/h8-12,17,19,22H,1,3,13-16H2,2,4-7H3. The van der Waals surface area contributed by atoms with E-state index >= 15 is 0 Å². The van der Waals surface area contributed by atoms with Crippen LogP contribution in [-0.2, 0) is 16.6 Å². The molecule has 0 saturated carbocycles. The van der Waals surface area contributed by atoms with Gasteiger partial charge in [0.2, 0.25) is 0 Å². The quantitative estimate of drug-likeness (QED) is 0.676. The number of hydrogen-bond donors (Lipinski definition) is 0. The van der Waals surface area contributed by atoms with Crippen LogP contribution in [0.25, 0.3) is 0 Å². The molecular weight excluding hydrogens is 306 g/mol. The first-order valence-electron chi connectivity index (χ1n) is 9.47. The number of benzene rings is 1. The van der Waals surface area contributed by atoms with Crippen molar-refractivity contribution in [3.63, 3.8) is 0 Å². The van der Waals surface area contributed by atoms with Gasteiger partial charge in [0, 0.05) is 19.6 Å². The molecule has 0 aliphatic carbocycles. The summed E-state index contributed by atoms with van der Waals surface area (Å²) in [5, 5.41) is 0. The molecule has 0 radical (unpaired) electrons. The molecule has 1 saturated heterocycles. The van der Waals surface area contributed by atoms with Gasteiger partial charge in [-0.1, -0.05) is 71.2 Å². The molecule has 0 spiro atoms. The fraction of sp³-hybridized carbons (Fsp3) is 0.565. The summed E-state index contributed by atoms with van der Waals surface area (Å²) in [6.45, 7) is 22.2. The van der Waals surface area contributed by atoms with E-state index in [4.69, 9.17) is 4.74 Å². The van der Waals surface area contributed by atoms with Gasteiger partial charge in [0.1, 0.15) is 0 Å². The van der Waals surface area contributed by atoms with Gasteiger partial charge in [-0.05, 0) is 41.4 Å². The van der Waals surface area contributed by atoms with Gasteiger partial charge in [0.15, 0.2) is 0 Å². The highest BCUT2D eigenvalue weighted by atomic mass is 16.5. The van der Waals surface area contributed by atoms with Crippen LogP contribution in [0.4, 0.5) is 0 Å². The minimum absolute atomic E-state index is 0.0829. The van der Waals surface area contributed by atoms with E-state index in [-0.39, 0.29) is 17.6 Å². The van der Waals surface area contributed by atoms with Crippen LogP contribution in [0, 0.1) is 5.92 Å². The lowest BCUT2D eigenvalue weighted by atomic mass is 9.86. The Labute approximate surface area is 154 Å². The van der Waals surface area contributed by atoms with Crippen molar-refractivity contribution in [3.05, 3.63) is 60.2 Å². The van der Waals surface area contributed by atoms with Gasteiger partial charge in [0.25, 0.3) is 0 Å². The Balaban J connectivity index is 1.91. The van der Waals surface area contributed by atoms with Gasteiger partial charge >= 0.3 is 0 Å². The van der Waals surface area contributed by atoms with Crippen LogP contribution >= 0.6 is 0 Å².